The Morgan fingerprint density at radius 2 is 1.78 bits per heavy atom. The topological polar surface area (TPSA) is 60.7 Å². The molecule has 2 aromatic heterocycles. The summed E-state index contributed by atoms with van der Waals surface area (Å²) in [7, 11) is 3.14. The summed E-state index contributed by atoms with van der Waals surface area (Å²) in [5.41, 5.74) is 2.42. The van der Waals surface area contributed by atoms with Gasteiger partial charge in [-0.15, -0.1) is 0 Å². The van der Waals surface area contributed by atoms with Crippen LogP contribution in [0.15, 0.2) is 45.7 Å². The summed E-state index contributed by atoms with van der Waals surface area (Å²) in [5, 5.41) is 3.07. The Labute approximate surface area is 170 Å². The molecule has 27 heavy (non-hydrogen) atoms. The van der Waals surface area contributed by atoms with E-state index in [2.05, 4.69) is 47.1 Å². The zero-order chi connectivity index (χ0) is 19.1. The summed E-state index contributed by atoms with van der Waals surface area (Å²) in [6.45, 7) is 0. The maximum atomic E-state index is 14.4. The lowest BCUT2D eigenvalue weighted by Crippen LogP contribution is -2.02. The molecule has 6 nitrogen and oxygen atoms in total. The number of methoxy groups -OCH3 is 2. The van der Waals surface area contributed by atoms with Crippen molar-refractivity contribution in [2.75, 3.05) is 19.5 Å². The first-order valence-corrected chi connectivity index (χ1v) is 9.39. The van der Waals surface area contributed by atoms with Crippen molar-refractivity contribution in [2.24, 2.45) is 0 Å². The molecule has 0 bridgehead atoms. The monoisotopic (exact) mass is 494 g/mol. The summed E-state index contributed by atoms with van der Waals surface area (Å²) in [6, 6.07) is 6.74. The van der Waals surface area contributed by atoms with Crippen LogP contribution in [0.1, 0.15) is 0 Å². The molecule has 2 aromatic carbocycles. The summed E-state index contributed by atoms with van der Waals surface area (Å²) >= 11 is 6.66. The van der Waals surface area contributed by atoms with Gasteiger partial charge in [-0.25, -0.2) is 14.4 Å². The van der Waals surface area contributed by atoms with Crippen LogP contribution in [0.25, 0.3) is 16.6 Å². The van der Waals surface area contributed by atoms with Crippen molar-refractivity contribution in [2.45, 2.75) is 0 Å². The first kappa shape index (κ1) is 18.0. The van der Waals surface area contributed by atoms with E-state index >= 15 is 0 Å². The Hall–Kier alpha value is -2.39. The van der Waals surface area contributed by atoms with Gasteiger partial charge in [0.2, 0.25) is 0 Å². The summed E-state index contributed by atoms with van der Waals surface area (Å²) in [5.74, 6) is 1.19. The number of ether oxygens (including phenoxy) is 2. The number of hydrogen-bond donors (Lipinski definition) is 1. The fourth-order valence-electron chi connectivity index (χ4n) is 2.85. The van der Waals surface area contributed by atoms with E-state index in [1.807, 2.05) is 10.5 Å². The standard InChI is InChI=1S/C18H13Br2FN4O2/c1-26-15-5-12-13(6-16(15)27-2)25-8-22-7-14(25)18(23-12)24-17-10(20)3-9(19)4-11(17)21/h3-8H,1-2H3,(H,23,24). The highest BCUT2D eigenvalue weighted by atomic mass is 79.9. The predicted molar refractivity (Wildman–Crippen MR) is 109 cm³/mol. The number of imidazole rings is 1. The largest absolute Gasteiger partial charge is 0.493 e. The van der Waals surface area contributed by atoms with Crippen LogP contribution in [0.5, 0.6) is 11.5 Å². The third-order valence-corrected chi connectivity index (χ3v) is 5.19. The Balaban J connectivity index is 1.94. The number of aromatic nitrogens is 3. The summed E-state index contributed by atoms with van der Waals surface area (Å²) in [4.78, 5) is 8.86. The van der Waals surface area contributed by atoms with Crippen LogP contribution in [0.4, 0.5) is 15.9 Å². The highest BCUT2D eigenvalue weighted by Gasteiger charge is 2.16. The molecule has 1 N–H and O–H groups in total. The lowest BCUT2D eigenvalue weighted by molar-refractivity contribution is 0.355. The van der Waals surface area contributed by atoms with Crippen LogP contribution in [0, 0.1) is 5.82 Å². The second kappa shape index (κ2) is 6.97. The smallest absolute Gasteiger partial charge is 0.163 e. The minimum absolute atomic E-state index is 0.286. The van der Waals surface area contributed by atoms with Crippen LogP contribution >= 0.6 is 31.9 Å². The zero-order valence-electron chi connectivity index (χ0n) is 14.3. The van der Waals surface area contributed by atoms with E-state index in [0.717, 1.165) is 5.52 Å². The Bertz CT molecular complexity index is 1160. The number of anilines is 2. The number of rotatable bonds is 4. The summed E-state index contributed by atoms with van der Waals surface area (Å²) < 4.78 is 28.2. The number of halogens is 3. The van der Waals surface area contributed by atoms with Gasteiger partial charge in [0.1, 0.15) is 11.3 Å². The number of fused-ring (bicyclic) bond motifs is 3. The maximum absolute atomic E-state index is 14.4. The molecular formula is C18H13Br2FN4O2. The van der Waals surface area contributed by atoms with Crippen molar-refractivity contribution in [1.82, 2.24) is 14.4 Å². The van der Waals surface area contributed by atoms with E-state index in [1.54, 1.807) is 38.9 Å². The molecule has 0 saturated heterocycles. The van der Waals surface area contributed by atoms with Gasteiger partial charge in [-0.3, -0.25) is 4.40 Å². The molecule has 0 atom stereocenters. The molecule has 0 amide bonds. The van der Waals surface area contributed by atoms with Crippen molar-refractivity contribution < 1.29 is 13.9 Å². The fraction of sp³-hybridized carbons (Fsp3) is 0.111. The molecule has 0 aliphatic rings. The quantitative estimate of drug-likeness (QED) is 0.416. The minimum Gasteiger partial charge on any atom is -0.493 e. The molecule has 0 saturated carbocycles. The van der Waals surface area contributed by atoms with Gasteiger partial charge in [-0.05, 0) is 28.1 Å². The second-order valence-corrected chi connectivity index (χ2v) is 7.44. The van der Waals surface area contributed by atoms with Gasteiger partial charge in [0, 0.05) is 21.1 Å². The van der Waals surface area contributed by atoms with Gasteiger partial charge >= 0.3 is 0 Å². The third-order valence-electron chi connectivity index (χ3n) is 4.10. The number of nitrogens with zero attached hydrogens (tertiary/aromatic N) is 3. The SMILES string of the molecule is COc1cc2nc(Nc3c(F)cc(Br)cc3Br)c3cncn3c2cc1OC. The molecule has 0 aliphatic carbocycles. The maximum Gasteiger partial charge on any atom is 0.163 e. The van der Waals surface area contributed by atoms with Crippen LogP contribution in [0.2, 0.25) is 0 Å². The average molecular weight is 496 g/mol. The van der Waals surface area contributed by atoms with Crippen LogP contribution in [-0.4, -0.2) is 28.6 Å². The van der Waals surface area contributed by atoms with E-state index < -0.39 is 5.82 Å². The van der Waals surface area contributed by atoms with Crippen LogP contribution < -0.4 is 14.8 Å². The van der Waals surface area contributed by atoms with Crippen molar-refractivity contribution in [3.8, 4) is 11.5 Å². The van der Waals surface area contributed by atoms with Crippen molar-refractivity contribution in [1.29, 1.82) is 0 Å². The average Bonchev–Trinajstić information content (AvgIpc) is 3.13. The summed E-state index contributed by atoms with van der Waals surface area (Å²) in [6.07, 6.45) is 3.33. The first-order valence-electron chi connectivity index (χ1n) is 7.81. The van der Waals surface area contributed by atoms with Gasteiger partial charge in [0.25, 0.3) is 0 Å². The Kier molecular flexibility index (Phi) is 4.65. The van der Waals surface area contributed by atoms with Gasteiger partial charge in [-0.1, -0.05) is 15.9 Å². The molecule has 138 valence electrons. The lowest BCUT2D eigenvalue weighted by atomic mass is 10.2. The number of hydrogen-bond acceptors (Lipinski definition) is 5. The number of benzene rings is 2. The highest BCUT2D eigenvalue weighted by molar-refractivity contribution is 9.11. The molecule has 0 aliphatic heterocycles. The first-order chi connectivity index (χ1) is 13.0. The molecule has 0 fully saturated rings. The highest BCUT2D eigenvalue weighted by Crippen LogP contribution is 2.36. The normalized spacial score (nSPS) is 11.1. The van der Waals surface area contributed by atoms with Gasteiger partial charge in [0.15, 0.2) is 17.3 Å². The van der Waals surface area contributed by atoms with E-state index in [-0.39, 0.29) is 5.69 Å². The van der Waals surface area contributed by atoms with Crippen molar-refractivity contribution in [3.63, 3.8) is 0 Å². The van der Waals surface area contributed by atoms with Crippen molar-refractivity contribution in [3.05, 3.63) is 51.6 Å². The Morgan fingerprint density at radius 1 is 1.04 bits per heavy atom. The fourth-order valence-corrected chi connectivity index (χ4v) is 4.12. The predicted octanol–water partition coefficient (Wildman–Crippen LogP) is 5.31. The third kappa shape index (κ3) is 3.10. The van der Waals surface area contributed by atoms with E-state index in [1.165, 1.54) is 6.07 Å². The zero-order valence-corrected chi connectivity index (χ0v) is 17.4. The second-order valence-electron chi connectivity index (χ2n) is 5.67. The number of nitrogens with one attached hydrogen (secondary N) is 1. The molecular weight excluding hydrogens is 483 g/mol. The molecule has 0 spiro atoms. The van der Waals surface area contributed by atoms with Crippen LogP contribution in [0.3, 0.4) is 0 Å². The molecule has 2 heterocycles. The van der Waals surface area contributed by atoms with Gasteiger partial charge in [0.05, 0.1) is 43.5 Å². The molecule has 9 heteroatoms. The van der Waals surface area contributed by atoms with Gasteiger partial charge in [-0.2, -0.15) is 0 Å². The molecule has 0 radical (unpaired) electrons. The molecule has 4 rings (SSSR count). The Morgan fingerprint density at radius 3 is 2.48 bits per heavy atom. The van der Waals surface area contributed by atoms with Gasteiger partial charge < -0.3 is 14.8 Å². The van der Waals surface area contributed by atoms with E-state index in [9.17, 15) is 4.39 Å². The van der Waals surface area contributed by atoms with E-state index in [4.69, 9.17) is 9.47 Å². The molecule has 0 unspecified atom stereocenters. The minimum atomic E-state index is -0.414. The lowest BCUT2D eigenvalue weighted by Gasteiger charge is -2.14. The van der Waals surface area contributed by atoms with E-state index in [0.29, 0.717) is 37.3 Å². The molecule has 4 aromatic rings. The van der Waals surface area contributed by atoms with Crippen molar-refractivity contribution >= 4 is 59.9 Å². The van der Waals surface area contributed by atoms with Crippen LogP contribution in [-0.2, 0) is 0 Å².